The Kier molecular flexibility index (Phi) is 3.65. The monoisotopic (exact) mass is 393 g/mol. The molecule has 0 saturated heterocycles. The number of aromatic hydroxyl groups is 1. The van der Waals surface area contributed by atoms with Crippen LogP contribution in [-0.4, -0.2) is 25.2 Å². The Bertz CT molecular complexity index is 1200. The molecule has 0 spiro atoms. The normalized spacial score (nSPS) is 19.6. The second-order valence-electron chi connectivity index (χ2n) is 8.00. The van der Waals surface area contributed by atoms with Gasteiger partial charge < -0.3 is 5.11 Å². The number of carbonyl (C=O) groups excluding carboxylic acids is 2. The second-order valence-corrected chi connectivity index (χ2v) is 9.80. The maximum atomic E-state index is 13.3. The maximum Gasteiger partial charge on any atom is 0.401 e. The molecule has 142 valence electrons. The summed E-state index contributed by atoms with van der Waals surface area (Å²) in [4.78, 5) is 25.5. The average molecular weight is 393 g/mol. The van der Waals surface area contributed by atoms with Gasteiger partial charge in [0.25, 0.3) is 0 Å². The number of benzene rings is 2. The molecule has 1 fully saturated rings. The van der Waals surface area contributed by atoms with Crippen LogP contribution in [0.2, 0.25) is 0 Å². The average Bonchev–Trinajstić information content (AvgIpc) is 3.20. The van der Waals surface area contributed by atoms with E-state index in [0.717, 1.165) is 34.3 Å². The molecule has 1 saturated carbocycles. The molecule has 2 heterocycles. The van der Waals surface area contributed by atoms with E-state index in [1.807, 2.05) is 23.9 Å². The largest absolute Gasteiger partial charge is 0.507 e. The summed E-state index contributed by atoms with van der Waals surface area (Å²) in [5.74, 6) is 0.164. The Morgan fingerprint density at radius 1 is 1.21 bits per heavy atom. The van der Waals surface area contributed by atoms with Gasteiger partial charge in [-0.25, -0.2) is 8.77 Å². The fourth-order valence-electron chi connectivity index (χ4n) is 3.76. The van der Waals surface area contributed by atoms with Crippen molar-refractivity contribution in [2.75, 3.05) is 0 Å². The summed E-state index contributed by atoms with van der Waals surface area (Å²) < 4.78 is 4.13. The summed E-state index contributed by atoms with van der Waals surface area (Å²) in [7, 11) is -0.608. The molecule has 2 aromatic carbocycles. The molecule has 1 unspecified atom stereocenters. The molecule has 1 N–H and O–H groups in total. The van der Waals surface area contributed by atoms with Crippen molar-refractivity contribution in [2.45, 2.75) is 38.1 Å². The fraction of sp³-hybridized carbons (Fsp3) is 0.273. The van der Waals surface area contributed by atoms with Crippen LogP contribution < -0.4 is 0 Å². The fourth-order valence-corrected chi connectivity index (χ4v) is 6.11. The third-order valence-corrected chi connectivity index (χ3v) is 7.95. The molecule has 5 rings (SSSR count). The molecular weight excluding hydrogens is 372 g/mol. The molecule has 1 atom stereocenters. The predicted octanol–water partition coefficient (Wildman–Crippen LogP) is 3.94. The molecule has 1 amide bonds. The number of aryl methyl sites for hydroxylation is 1. The highest BCUT2D eigenvalue weighted by atomic mass is 32.2. The van der Waals surface area contributed by atoms with Gasteiger partial charge in [0, 0.05) is 11.5 Å². The number of nitrogens with zero attached hydrogens (tertiary/aromatic N) is 2. The van der Waals surface area contributed by atoms with E-state index < -0.39 is 10.9 Å². The Morgan fingerprint density at radius 2 is 1.93 bits per heavy atom. The van der Waals surface area contributed by atoms with Gasteiger partial charge in [0.05, 0.1) is 21.4 Å². The molecule has 2 aliphatic rings. The Labute approximate surface area is 165 Å². The highest BCUT2D eigenvalue weighted by Gasteiger charge is 2.54. The number of hydrogen-bond donors (Lipinski definition) is 1. The number of rotatable bonds is 3. The first-order valence-electron chi connectivity index (χ1n) is 9.37. The maximum absolute atomic E-state index is 13.3. The Morgan fingerprint density at radius 3 is 2.57 bits per heavy atom. The van der Waals surface area contributed by atoms with Gasteiger partial charge in [-0.2, -0.15) is 0 Å². The van der Waals surface area contributed by atoms with Crippen molar-refractivity contribution in [3.8, 4) is 5.75 Å². The van der Waals surface area contributed by atoms with Crippen LogP contribution in [0, 0.1) is 12.3 Å². The first-order chi connectivity index (χ1) is 13.4. The van der Waals surface area contributed by atoms with Crippen molar-refractivity contribution in [1.29, 1.82) is 0 Å². The minimum Gasteiger partial charge on any atom is -0.507 e. The van der Waals surface area contributed by atoms with Gasteiger partial charge in [-0.05, 0) is 51.0 Å². The lowest BCUT2D eigenvalue weighted by molar-refractivity contribution is -0.442. The van der Waals surface area contributed by atoms with E-state index in [1.165, 1.54) is 5.56 Å². The van der Waals surface area contributed by atoms with Crippen LogP contribution in [0.5, 0.6) is 5.75 Å². The van der Waals surface area contributed by atoms with Crippen molar-refractivity contribution >= 4 is 34.0 Å². The summed E-state index contributed by atoms with van der Waals surface area (Å²) in [5.41, 5.74) is 3.08. The first-order valence-corrected chi connectivity index (χ1v) is 10.5. The summed E-state index contributed by atoms with van der Waals surface area (Å²) >= 11 is 0. The van der Waals surface area contributed by atoms with Gasteiger partial charge >= 0.3 is 5.91 Å². The number of carbonyl (C=O) groups is 2. The molecule has 1 aliphatic carbocycles. The van der Waals surface area contributed by atoms with Crippen molar-refractivity contribution in [3.05, 3.63) is 59.3 Å². The zero-order chi connectivity index (χ0) is 19.6. The smallest absolute Gasteiger partial charge is 0.401 e. The standard InChI is InChI=1S/C22H20N2O3S/c1-14-3-5-18(6-4-14)28-23(21(27)22(2)7-8-22)12-17-10-15-9-16(13-25)20(26)11-19(15)24(17)28/h3-6,9-11,13H,7-8,12H2,1-2H3/p+1. The van der Waals surface area contributed by atoms with Crippen LogP contribution in [0.1, 0.15) is 41.4 Å². The van der Waals surface area contributed by atoms with Crippen LogP contribution in [0.15, 0.2) is 47.4 Å². The molecular formula is C22H21N2O3S+. The minimum absolute atomic E-state index is 0.0326. The van der Waals surface area contributed by atoms with Crippen LogP contribution in [0.3, 0.4) is 0 Å². The van der Waals surface area contributed by atoms with E-state index in [2.05, 4.69) is 28.2 Å². The van der Waals surface area contributed by atoms with E-state index in [9.17, 15) is 14.7 Å². The minimum atomic E-state index is -0.608. The van der Waals surface area contributed by atoms with E-state index in [-0.39, 0.29) is 22.6 Å². The van der Waals surface area contributed by atoms with E-state index in [4.69, 9.17) is 0 Å². The molecule has 6 heteroatoms. The molecule has 3 aromatic rings. The van der Waals surface area contributed by atoms with E-state index in [1.54, 1.807) is 12.1 Å². The Balaban J connectivity index is 1.78. The van der Waals surface area contributed by atoms with Gasteiger partial charge in [0.2, 0.25) is 6.54 Å². The van der Waals surface area contributed by atoms with Gasteiger partial charge in [-0.15, -0.1) is 3.95 Å². The molecule has 0 bridgehead atoms. The molecule has 28 heavy (non-hydrogen) atoms. The third kappa shape index (κ3) is 2.48. The number of fused-ring (bicyclic) bond motifs is 3. The molecule has 1 aliphatic heterocycles. The lowest BCUT2D eigenvalue weighted by Gasteiger charge is -2.09. The van der Waals surface area contributed by atoms with Gasteiger partial charge in [0.15, 0.2) is 17.2 Å². The van der Waals surface area contributed by atoms with Gasteiger partial charge in [-0.1, -0.05) is 17.7 Å². The van der Waals surface area contributed by atoms with E-state index in [0.29, 0.717) is 12.8 Å². The lowest BCUT2D eigenvalue weighted by Crippen LogP contribution is -2.28. The highest BCUT2D eigenvalue weighted by molar-refractivity contribution is 7.84. The van der Waals surface area contributed by atoms with Crippen LogP contribution in [-0.2, 0) is 22.2 Å². The topological polar surface area (TPSA) is 62.3 Å². The van der Waals surface area contributed by atoms with Gasteiger partial charge in [0.1, 0.15) is 11.4 Å². The second kappa shape index (κ2) is 5.88. The predicted molar refractivity (Wildman–Crippen MR) is 108 cm³/mol. The van der Waals surface area contributed by atoms with Crippen molar-refractivity contribution in [2.24, 2.45) is 5.41 Å². The quantitative estimate of drug-likeness (QED) is 0.541. The zero-order valence-corrected chi connectivity index (χ0v) is 16.6. The van der Waals surface area contributed by atoms with Crippen LogP contribution in [0.25, 0.3) is 10.9 Å². The van der Waals surface area contributed by atoms with Crippen molar-refractivity contribution < 1.29 is 18.6 Å². The summed E-state index contributed by atoms with van der Waals surface area (Å²) in [5, 5.41) is 11.2. The highest BCUT2D eigenvalue weighted by Crippen LogP contribution is 2.47. The van der Waals surface area contributed by atoms with Crippen LogP contribution >= 0.6 is 0 Å². The first kappa shape index (κ1) is 17.4. The van der Waals surface area contributed by atoms with Crippen LogP contribution in [0.4, 0.5) is 0 Å². The van der Waals surface area contributed by atoms with Crippen molar-refractivity contribution in [3.63, 3.8) is 0 Å². The number of hydrogen-bond acceptors (Lipinski definition) is 3. The summed E-state index contributed by atoms with van der Waals surface area (Å²) in [6.07, 6.45) is 2.54. The Hall–Kier alpha value is -2.73. The summed E-state index contributed by atoms with van der Waals surface area (Å²) in [6.45, 7) is 4.63. The van der Waals surface area contributed by atoms with Crippen molar-refractivity contribution in [1.82, 2.24) is 3.97 Å². The molecule has 0 radical (unpaired) electrons. The third-order valence-electron chi connectivity index (χ3n) is 5.77. The van der Waals surface area contributed by atoms with E-state index >= 15 is 0 Å². The number of phenols is 1. The number of phenolic OH excluding ortho intramolecular Hbond substituents is 1. The zero-order valence-electron chi connectivity index (χ0n) is 15.8. The number of amides is 1. The summed E-state index contributed by atoms with van der Waals surface area (Å²) in [6, 6.07) is 13.7. The van der Waals surface area contributed by atoms with Gasteiger partial charge in [-0.3, -0.25) is 4.79 Å². The molecule has 5 nitrogen and oxygen atoms in total. The number of aromatic nitrogens is 1. The lowest BCUT2D eigenvalue weighted by atomic mass is 10.1. The SMILES string of the molecule is Cc1ccc(S2=[N+](C(=O)C3(C)CC3)Cc3cc4cc(C=O)c(O)cc4n32)cc1. The molecule has 1 aromatic heterocycles. The number of aldehydes is 1.